The van der Waals surface area contributed by atoms with E-state index in [0.29, 0.717) is 16.9 Å². The van der Waals surface area contributed by atoms with Gasteiger partial charge in [0.05, 0.1) is 16.3 Å². The molecule has 2 aromatic carbocycles. The van der Waals surface area contributed by atoms with Crippen LogP contribution in [0.4, 0.5) is 16.2 Å². The Bertz CT molecular complexity index is 1120. The van der Waals surface area contributed by atoms with E-state index in [1.807, 2.05) is 0 Å². The number of para-hydroxylation sites is 2. The number of nitrogens with zero attached hydrogens (tertiary/aromatic N) is 1. The fraction of sp³-hybridized carbons (Fsp3) is 0.304. The monoisotopic (exact) mass is 454 g/mol. The predicted molar refractivity (Wildman–Crippen MR) is 124 cm³/mol. The van der Waals surface area contributed by atoms with E-state index in [4.69, 9.17) is 0 Å². The Labute approximate surface area is 187 Å². The minimum Gasteiger partial charge on any atom is -0.325 e. The van der Waals surface area contributed by atoms with Crippen LogP contribution in [0.5, 0.6) is 0 Å². The van der Waals surface area contributed by atoms with Gasteiger partial charge in [0.2, 0.25) is 15.9 Å². The number of rotatable bonds is 7. The summed E-state index contributed by atoms with van der Waals surface area (Å²) in [5.74, 6) is -0.361. The first kappa shape index (κ1) is 22.0. The Hall–Kier alpha value is -3.17. The van der Waals surface area contributed by atoms with Crippen LogP contribution in [-0.4, -0.2) is 44.4 Å². The largest absolute Gasteiger partial charge is 0.325 e. The van der Waals surface area contributed by atoms with Gasteiger partial charge in [-0.2, -0.15) is 0 Å². The summed E-state index contributed by atoms with van der Waals surface area (Å²) in [7, 11) is -3.50. The molecular weight excluding hydrogens is 428 g/mol. The summed E-state index contributed by atoms with van der Waals surface area (Å²) in [6.45, 7) is 1.47. The average molecular weight is 455 g/mol. The minimum absolute atomic E-state index is 0.0475. The standard InChI is InChI=1S/C23H26N4O4S/c28-22(14-9-17-7-12-19(13-8-17)32(30,31)26-18-10-11-18)24-20-5-1-2-6-21(20)25-23(29)27-15-3-4-16-27/h1-2,5-9,12-14,18,26H,3-4,10-11,15-16H2,(H,24,28)(H,25,29). The predicted octanol–water partition coefficient (Wildman–Crippen LogP) is 3.41. The first-order valence-corrected chi connectivity index (χ1v) is 12.2. The molecule has 1 saturated carbocycles. The number of carbonyl (C=O) groups excluding carboxylic acids is 2. The lowest BCUT2D eigenvalue weighted by molar-refractivity contribution is -0.111. The summed E-state index contributed by atoms with van der Waals surface area (Å²) >= 11 is 0. The second-order valence-corrected chi connectivity index (χ2v) is 9.67. The average Bonchev–Trinajstić information content (AvgIpc) is 3.40. The maximum Gasteiger partial charge on any atom is 0.321 e. The van der Waals surface area contributed by atoms with Crippen molar-refractivity contribution in [3.8, 4) is 0 Å². The van der Waals surface area contributed by atoms with E-state index < -0.39 is 10.0 Å². The molecule has 0 aromatic heterocycles. The molecule has 32 heavy (non-hydrogen) atoms. The molecule has 0 spiro atoms. The van der Waals surface area contributed by atoms with Crippen LogP contribution >= 0.6 is 0 Å². The summed E-state index contributed by atoms with van der Waals surface area (Å²) in [5.41, 5.74) is 1.73. The first-order chi connectivity index (χ1) is 15.4. The van der Waals surface area contributed by atoms with E-state index in [1.54, 1.807) is 47.4 Å². The number of anilines is 2. The van der Waals surface area contributed by atoms with Gasteiger partial charge in [-0.05, 0) is 61.6 Å². The van der Waals surface area contributed by atoms with Crippen LogP contribution in [0.3, 0.4) is 0 Å². The fourth-order valence-electron chi connectivity index (χ4n) is 3.41. The lowest BCUT2D eigenvalue weighted by Gasteiger charge is -2.18. The van der Waals surface area contributed by atoms with Crippen LogP contribution in [0.2, 0.25) is 0 Å². The highest BCUT2D eigenvalue weighted by molar-refractivity contribution is 7.89. The van der Waals surface area contributed by atoms with E-state index in [9.17, 15) is 18.0 Å². The van der Waals surface area contributed by atoms with E-state index in [2.05, 4.69) is 15.4 Å². The molecule has 1 aliphatic carbocycles. The van der Waals surface area contributed by atoms with Gasteiger partial charge in [-0.3, -0.25) is 4.79 Å². The van der Waals surface area contributed by atoms with Crippen LogP contribution in [0, 0.1) is 0 Å². The van der Waals surface area contributed by atoms with Gasteiger partial charge in [0, 0.05) is 25.2 Å². The van der Waals surface area contributed by atoms with Crippen molar-refractivity contribution in [3.63, 3.8) is 0 Å². The zero-order chi connectivity index (χ0) is 22.6. The Morgan fingerprint density at radius 1 is 0.906 bits per heavy atom. The first-order valence-electron chi connectivity index (χ1n) is 10.7. The van der Waals surface area contributed by atoms with Crippen molar-refractivity contribution in [3.05, 3.63) is 60.2 Å². The van der Waals surface area contributed by atoms with E-state index in [-0.39, 0.29) is 22.9 Å². The van der Waals surface area contributed by atoms with Crippen LogP contribution in [-0.2, 0) is 14.8 Å². The number of hydrogen-bond donors (Lipinski definition) is 3. The maximum absolute atomic E-state index is 12.4. The Kier molecular flexibility index (Phi) is 6.57. The zero-order valence-corrected chi connectivity index (χ0v) is 18.4. The lowest BCUT2D eigenvalue weighted by Crippen LogP contribution is -2.32. The van der Waals surface area contributed by atoms with Gasteiger partial charge in [0.15, 0.2) is 0 Å². The molecule has 168 valence electrons. The molecule has 1 aliphatic heterocycles. The number of likely N-dealkylation sites (tertiary alicyclic amines) is 1. The Balaban J connectivity index is 1.37. The molecule has 9 heteroatoms. The van der Waals surface area contributed by atoms with Crippen LogP contribution in [0.1, 0.15) is 31.2 Å². The summed E-state index contributed by atoms with van der Waals surface area (Å²) < 4.78 is 27.1. The van der Waals surface area contributed by atoms with E-state index in [1.165, 1.54) is 18.2 Å². The van der Waals surface area contributed by atoms with E-state index >= 15 is 0 Å². The summed E-state index contributed by atoms with van der Waals surface area (Å²) in [6.07, 6.45) is 6.72. The Morgan fingerprint density at radius 2 is 1.53 bits per heavy atom. The van der Waals surface area contributed by atoms with Crippen molar-refractivity contribution in [2.24, 2.45) is 0 Å². The number of nitrogens with one attached hydrogen (secondary N) is 3. The fourth-order valence-corrected chi connectivity index (χ4v) is 4.71. The number of urea groups is 1. The normalized spacial score (nSPS) is 16.3. The van der Waals surface area contributed by atoms with Crippen molar-refractivity contribution < 1.29 is 18.0 Å². The molecule has 0 unspecified atom stereocenters. The van der Waals surface area contributed by atoms with Gasteiger partial charge >= 0.3 is 6.03 Å². The highest BCUT2D eigenvalue weighted by Crippen LogP contribution is 2.23. The van der Waals surface area contributed by atoms with Crippen molar-refractivity contribution in [1.82, 2.24) is 9.62 Å². The molecule has 0 radical (unpaired) electrons. The second-order valence-electron chi connectivity index (χ2n) is 7.96. The quantitative estimate of drug-likeness (QED) is 0.557. The molecule has 3 N–H and O–H groups in total. The number of sulfonamides is 1. The highest BCUT2D eigenvalue weighted by Gasteiger charge is 2.27. The molecular formula is C23H26N4O4S. The summed E-state index contributed by atoms with van der Waals surface area (Å²) in [5, 5.41) is 5.63. The highest BCUT2D eigenvalue weighted by atomic mass is 32.2. The van der Waals surface area contributed by atoms with Gasteiger partial charge in [0.25, 0.3) is 0 Å². The smallest absolute Gasteiger partial charge is 0.321 e. The maximum atomic E-state index is 12.4. The number of carbonyl (C=O) groups is 2. The number of hydrogen-bond acceptors (Lipinski definition) is 4. The summed E-state index contributed by atoms with van der Waals surface area (Å²) in [4.78, 5) is 26.7. The molecule has 0 bridgehead atoms. The van der Waals surface area contributed by atoms with Crippen LogP contribution in [0.25, 0.3) is 6.08 Å². The molecule has 1 heterocycles. The van der Waals surface area contributed by atoms with Crippen LogP contribution < -0.4 is 15.4 Å². The minimum atomic E-state index is -3.50. The topological polar surface area (TPSA) is 108 Å². The third-order valence-electron chi connectivity index (χ3n) is 5.34. The van der Waals surface area contributed by atoms with Gasteiger partial charge in [-0.15, -0.1) is 0 Å². The number of amides is 3. The molecule has 0 atom stereocenters. The third kappa shape index (κ3) is 5.74. The number of benzene rings is 2. The van der Waals surface area contributed by atoms with Crippen molar-refractivity contribution >= 4 is 39.4 Å². The van der Waals surface area contributed by atoms with Crippen molar-refractivity contribution in [2.45, 2.75) is 36.6 Å². The molecule has 2 aromatic rings. The summed E-state index contributed by atoms with van der Waals surface area (Å²) in [6, 6.07) is 13.2. The SMILES string of the molecule is O=C(C=Cc1ccc(S(=O)(=O)NC2CC2)cc1)Nc1ccccc1NC(=O)N1CCCC1. The van der Waals surface area contributed by atoms with Crippen molar-refractivity contribution in [1.29, 1.82) is 0 Å². The van der Waals surface area contributed by atoms with Gasteiger partial charge in [-0.25, -0.2) is 17.9 Å². The Morgan fingerprint density at radius 3 is 2.16 bits per heavy atom. The van der Waals surface area contributed by atoms with Gasteiger partial charge in [0.1, 0.15) is 0 Å². The van der Waals surface area contributed by atoms with Gasteiger partial charge < -0.3 is 15.5 Å². The third-order valence-corrected chi connectivity index (χ3v) is 6.87. The molecule has 2 fully saturated rings. The molecule has 2 aliphatic rings. The second kappa shape index (κ2) is 9.54. The molecule has 4 rings (SSSR count). The molecule has 1 saturated heterocycles. The molecule has 3 amide bonds. The van der Waals surface area contributed by atoms with Gasteiger partial charge in [-0.1, -0.05) is 24.3 Å². The van der Waals surface area contributed by atoms with Crippen molar-refractivity contribution in [2.75, 3.05) is 23.7 Å². The van der Waals surface area contributed by atoms with E-state index in [0.717, 1.165) is 38.8 Å². The van der Waals surface area contributed by atoms with Crippen LogP contribution in [0.15, 0.2) is 59.5 Å². The lowest BCUT2D eigenvalue weighted by atomic mass is 10.2. The molecule has 8 nitrogen and oxygen atoms in total. The zero-order valence-electron chi connectivity index (χ0n) is 17.6.